The number of halogens is 1. The summed E-state index contributed by atoms with van der Waals surface area (Å²) in [6.45, 7) is 0.711. The molecule has 0 amide bonds. The molecule has 2 aromatic heterocycles. The highest BCUT2D eigenvalue weighted by atomic mass is 35.5. The molecule has 0 aliphatic heterocycles. The number of anilines is 1. The number of hydrogen-bond donors (Lipinski definition) is 2. The number of rotatable bonds is 7. The molecule has 0 saturated heterocycles. The molecule has 32 heavy (non-hydrogen) atoms. The predicted molar refractivity (Wildman–Crippen MR) is 131 cm³/mol. The monoisotopic (exact) mass is 486 g/mol. The molecule has 1 fully saturated rings. The fourth-order valence-electron chi connectivity index (χ4n) is 3.88. The molecule has 0 spiro atoms. The van der Waals surface area contributed by atoms with Crippen molar-refractivity contribution < 1.29 is 4.74 Å². The molecular weight excluding hydrogens is 464 g/mol. The van der Waals surface area contributed by atoms with Crippen LogP contribution in [0.2, 0.25) is 5.02 Å². The molecule has 2 heterocycles. The molecule has 166 valence electrons. The Morgan fingerprint density at radius 3 is 2.66 bits per heavy atom. The Morgan fingerprint density at radius 1 is 1.16 bits per heavy atom. The Labute approximate surface area is 201 Å². The van der Waals surface area contributed by atoms with Crippen molar-refractivity contribution in [1.82, 2.24) is 25.3 Å². The van der Waals surface area contributed by atoms with Gasteiger partial charge in [0.25, 0.3) is 0 Å². The summed E-state index contributed by atoms with van der Waals surface area (Å²) in [5.74, 6) is 0.776. The Balaban J connectivity index is 1.44. The molecule has 0 radical (unpaired) electrons. The van der Waals surface area contributed by atoms with Crippen LogP contribution in [0.1, 0.15) is 31.2 Å². The highest BCUT2D eigenvalue weighted by molar-refractivity contribution is 7.99. The van der Waals surface area contributed by atoms with Crippen molar-refractivity contribution >= 4 is 46.6 Å². The fourth-order valence-corrected chi connectivity index (χ4v) is 4.94. The van der Waals surface area contributed by atoms with Crippen molar-refractivity contribution in [1.29, 1.82) is 0 Å². The number of hydrogen-bond acceptors (Lipinski definition) is 7. The fraction of sp³-hybridized carbons (Fsp3) is 0.318. The third-order valence-corrected chi connectivity index (χ3v) is 6.73. The van der Waals surface area contributed by atoms with Gasteiger partial charge in [-0.05, 0) is 60.6 Å². The second kappa shape index (κ2) is 10.4. The first-order chi connectivity index (χ1) is 15.6. The van der Waals surface area contributed by atoms with Gasteiger partial charge in [-0.25, -0.2) is 15.0 Å². The Kier molecular flexibility index (Phi) is 7.39. The van der Waals surface area contributed by atoms with Gasteiger partial charge >= 0.3 is 0 Å². The lowest BCUT2D eigenvalue weighted by Crippen LogP contribution is -2.41. The van der Waals surface area contributed by atoms with Crippen molar-refractivity contribution in [3.8, 4) is 5.88 Å². The van der Waals surface area contributed by atoms with E-state index in [1.807, 2.05) is 12.1 Å². The maximum Gasteiger partial charge on any atom is 0.233 e. The molecule has 1 aromatic carbocycles. The SMILES string of the molecule is COc1cc(Sc2ncccn2)nc(NC(=S)NCC2(c3cccc(Cl)c3)CCCC2)n1. The number of thiocarbonyl (C=S) groups is 1. The van der Waals surface area contributed by atoms with Gasteiger partial charge in [0.1, 0.15) is 5.03 Å². The first kappa shape index (κ1) is 22.7. The largest absolute Gasteiger partial charge is 0.481 e. The molecule has 0 unspecified atom stereocenters. The van der Waals surface area contributed by atoms with Crippen LogP contribution in [0.5, 0.6) is 5.88 Å². The molecule has 0 atom stereocenters. The summed E-state index contributed by atoms with van der Waals surface area (Å²) in [6.07, 6.45) is 7.94. The molecule has 2 N–H and O–H groups in total. The Morgan fingerprint density at radius 2 is 1.94 bits per heavy atom. The zero-order valence-corrected chi connectivity index (χ0v) is 19.9. The van der Waals surface area contributed by atoms with Crippen LogP contribution >= 0.6 is 35.6 Å². The van der Waals surface area contributed by atoms with E-state index in [2.05, 4.69) is 42.7 Å². The second-order valence-electron chi connectivity index (χ2n) is 7.51. The minimum Gasteiger partial charge on any atom is -0.481 e. The number of nitrogens with zero attached hydrogens (tertiary/aromatic N) is 4. The van der Waals surface area contributed by atoms with E-state index in [0.717, 1.165) is 17.9 Å². The number of nitrogens with one attached hydrogen (secondary N) is 2. The topological polar surface area (TPSA) is 84.9 Å². The highest BCUT2D eigenvalue weighted by Gasteiger charge is 2.35. The van der Waals surface area contributed by atoms with Gasteiger partial charge < -0.3 is 15.4 Å². The van der Waals surface area contributed by atoms with E-state index in [-0.39, 0.29) is 5.41 Å². The van der Waals surface area contributed by atoms with E-state index in [4.69, 9.17) is 28.6 Å². The van der Waals surface area contributed by atoms with Gasteiger partial charge in [0.2, 0.25) is 11.8 Å². The van der Waals surface area contributed by atoms with Gasteiger partial charge in [0.05, 0.1) is 7.11 Å². The number of ether oxygens (including phenoxy) is 1. The lowest BCUT2D eigenvalue weighted by molar-refractivity contribution is 0.396. The van der Waals surface area contributed by atoms with Crippen molar-refractivity contribution in [3.63, 3.8) is 0 Å². The number of benzene rings is 1. The Hall–Kier alpha value is -2.49. The van der Waals surface area contributed by atoms with Crippen LogP contribution in [-0.4, -0.2) is 38.7 Å². The molecule has 1 aliphatic rings. The van der Waals surface area contributed by atoms with Crippen molar-refractivity contribution in [3.05, 3.63) is 59.4 Å². The first-order valence-electron chi connectivity index (χ1n) is 10.3. The van der Waals surface area contributed by atoms with Crippen LogP contribution in [0, 0.1) is 0 Å². The molecule has 3 aromatic rings. The summed E-state index contributed by atoms with van der Waals surface area (Å²) in [5.41, 5.74) is 1.26. The lowest BCUT2D eigenvalue weighted by Gasteiger charge is -2.30. The average Bonchev–Trinajstić information content (AvgIpc) is 3.28. The molecule has 7 nitrogen and oxygen atoms in total. The van der Waals surface area contributed by atoms with Crippen LogP contribution in [0.3, 0.4) is 0 Å². The highest BCUT2D eigenvalue weighted by Crippen LogP contribution is 2.41. The van der Waals surface area contributed by atoms with Crippen LogP contribution < -0.4 is 15.4 Å². The average molecular weight is 487 g/mol. The molecule has 0 bridgehead atoms. The van der Waals surface area contributed by atoms with Gasteiger partial charge in [-0.15, -0.1) is 0 Å². The minimum atomic E-state index is 0.0114. The smallest absolute Gasteiger partial charge is 0.233 e. The number of methoxy groups -OCH3 is 1. The summed E-state index contributed by atoms with van der Waals surface area (Å²) < 4.78 is 5.32. The lowest BCUT2D eigenvalue weighted by atomic mass is 9.79. The summed E-state index contributed by atoms with van der Waals surface area (Å²) in [5, 5.41) is 8.90. The normalized spacial score (nSPS) is 14.7. The molecule has 1 aliphatic carbocycles. The van der Waals surface area contributed by atoms with E-state index in [9.17, 15) is 0 Å². The van der Waals surface area contributed by atoms with Crippen molar-refractivity contribution in [2.75, 3.05) is 19.0 Å². The van der Waals surface area contributed by atoms with Gasteiger partial charge in [0, 0.05) is 35.4 Å². The van der Waals surface area contributed by atoms with E-state index in [1.54, 1.807) is 31.6 Å². The van der Waals surface area contributed by atoms with Crippen LogP contribution in [-0.2, 0) is 5.41 Å². The third-order valence-electron chi connectivity index (χ3n) is 5.44. The van der Waals surface area contributed by atoms with Gasteiger partial charge in [-0.1, -0.05) is 36.6 Å². The van der Waals surface area contributed by atoms with Gasteiger partial charge in [0.15, 0.2) is 10.3 Å². The van der Waals surface area contributed by atoms with Crippen molar-refractivity contribution in [2.24, 2.45) is 0 Å². The van der Waals surface area contributed by atoms with Gasteiger partial charge in [-0.3, -0.25) is 0 Å². The summed E-state index contributed by atoms with van der Waals surface area (Å²) in [7, 11) is 1.56. The summed E-state index contributed by atoms with van der Waals surface area (Å²) in [6, 6.07) is 11.6. The van der Waals surface area contributed by atoms with Gasteiger partial charge in [-0.2, -0.15) is 4.98 Å². The molecule has 4 rings (SSSR count). The van der Waals surface area contributed by atoms with Crippen molar-refractivity contribution in [2.45, 2.75) is 41.3 Å². The Bertz CT molecular complexity index is 1080. The zero-order chi connectivity index (χ0) is 22.4. The third kappa shape index (κ3) is 5.65. The van der Waals surface area contributed by atoms with E-state index < -0.39 is 0 Å². The number of aromatic nitrogens is 4. The zero-order valence-electron chi connectivity index (χ0n) is 17.5. The quantitative estimate of drug-likeness (QED) is 0.275. The molecule has 10 heteroatoms. The minimum absolute atomic E-state index is 0.0114. The van der Waals surface area contributed by atoms with Crippen LogP contribution in [0.4, 0.5) is 5.95 Å². The first-order valence-corrected chi connectivity index (χ1v) is 11.9. The molecule has 1 saturated carbocycles. The van der Waals surface area contributed by atoms with Crippen LogP contribution in [0.15, 0.2) is 59.0 Å². The summed E-state index contributed by atoms with van der Waals surface area (Å²) in [4.78, 5) is 17.3. The van der Waals surface area contributed by atoms with E-state index in [1.165, 1.54) is 30.2 Å². The summed E-state index contributed by atoms with van der Waals surface area (Å²) >= 11 is 13.1. The predicted octanol–water partition coefficient (Wildman–Crippen LogP) is 4.88. The molecular formula is C22H23ClN6OS2. The van der Waals surface area contributed by atoms with E-state index in [0.29, 0.717) is 33.7 Å². The standard InChI is InChI=1S/C22H23ClN6OS2/c1-30-17-13-18(32-21-24-10-5-11-25-21)28-19(27-17)29-20(31)26-14-22(8-2-3-9-22)15-6-4-7-16(23)12-15/h4-7,10-13H,2-3,8-9,14H2,1H3,(H2,26,27,28,29,31). The second-order valence-corrected chi connectivity index (χ2v) is 9.34. The maximum atomic E-state index is 6.26. The maximum absolute atomic E-state index is 6.26. The van der Waals surface area contributed by atoms with E-state index >= 15 is 0 Å². The van der Waals surface area contributed by atoms with Crippen LogP contribution in [0.25, 0.3) is 0 Å².